The Bertz CT molecular complexity index is 2750. The second-order valence-corrected chi connectivity index (χ2v) is 18.7. The molecule has 0 unspecified atom stereocenters. The van der Waals surface area contributed by atoms with Gasteiger partial charge in [-0.15, -0.1) is 0 Å². The van der Waals surface area contributed by atoms with Crippen molar-refractivity contribution in [3.8, 4) is 50.6 Å². The Morgan fingerprint density at radius 2 is 0.725 bits per heavy atom. The van der Waals surface area contributed by atoms with Gasteiger partial charge in [0.2, 0.25) is 0 Å². The first-order valence-corrected chi connectivity index (χ1v) is 26.4. The predicted molar refractivity (Wildman–Crippen MR) is 292 cm³/mol. The van der Waals surface area contributed by atoms with Crippen LogP contribution in [0.25, 0.3) is 79.8 Å². The zero-order valence-electron chi connectivity index (χ0n) is 41.6. The number of aromatic nitrogens is 4. The first-order valence-electron chi connectivity index (χ1n) is 26.4. The van der Waals surface area contributed by atoms with Crippen molar-refractivity contribution in [1.29, 1.82) is 0 Å². The smallest absolute Gasteiger partial charge is 0.127 e. The number of nitrogens with zero attached hydrogens (tertiary/aromatic N) is 2. The molecular weight excluding hydrogens is 849 g/mol. The van der Waals surface area contributed by atoms with E-state index in [2.05, 4.69) is 158 Å². The molecule has 6 aromatic rings. The van der Waals surface area contributed by atoms with Crippen LogP contribution < -0.4 is 14.2 Å². The number of rotatable bonds is 27. The number of unbranched alkanes of at least 4 members (excludes halogenated alkanes) is 15. The molecule has 360 valence electrons. The van der Waals surface area contributed by atoms with Gasteiger partial charge in [-0.05, 0) is 92.1 Å². The van der Waals surface area contributed by atoms with E-state index in [4.69, 9.17) is 24.2 Å². The van der Waals surface area contributed by atoms with Gasteiger partial charge in [-0.2, -0.15) is 0 Å². The molecule has 2 aliphatic rings. The summed E-state index contributed by atoms with van der Waals surface area (Å²) in [6.07, 6.45) is 30.3. The topological polar surface area (TPSA) is 85.1 Å². The van der Waals surface area contributed by atoms with E-state index in [0.29, 0.717) is 19.8 Å². The zero-order chi connectivity index (χ0) is 47.5. The maximum atomic E-state index is 6.71. The SMILES string of the molecule is CCCCCCCCOc1ccccc1-c1c2nc(c(-c3ccccc3OCCCCCCCC)c3ccc([nH]3)c(-c3ccccc3OCCCCCCCC)c3nc(cc4ccc1[nH]4)C=C3)C=C2. The lowest BCUT2D eigenvalue weighted by molar-refractivity contribution is 0.305. The Kier molecular flexibility index (Phi) is 18.4. The van der Waals surface area contributed by atoms with Crippen LogP contribution in [0.3, 0.4) is 0 Å². The van der Waals surface area contributed by atoms with E-state index in [9.17, 15) is 0 Å². The number of H-pyrrole nitrogens is 2. The van der Waals surface area contributed by atoms with Crippen molar-refractivity contribution in [2.45, 2.75) is 136 Å². The molecule has 0 saturated heterocycles. The van der Waals surface area contributed by atoms with Gasteiger partial charge in [-0.1, -0.05) is 172 Å². The van der Waals surface area contributed by atoms with Gasteiger partial charge in [-0.3, -0.25) is 0 Å². The molecule has 0 amide bonds. The van der Waals surface area contributed by atoms with Crippen molar-refractivity contribution in [2.24, 2.45) is 0 Å². The average molecular weight is 923 g/mol. The second kappa shape index (κ2) is 25.9. The summed E-state index contributed by atoms with van der Waals surface area (Å²) in [7, 11) is 0. The molecule has 5 heterocycles. The largest absolute Gasteiger partial charge is 0.493 e. The molecule has 0 spiro atoms. The average Bonchev–Trinajstić information content (AvgIpc) is 4.23. The van der Waals surface area contributed by atoms with E-state index in [0.717, 1.165) is 121 Å². The zero-order valence-corrected chi connectivity index (χ0v) is 41.6. The number of fused-ring (bicyclic) bond motifs is 8. The summed E-state index contributed by atoms with van der Waals surface area (Å²) >= 11 is 0. The van der Waals surface area contributed by atoms with Crippen LogP contribution in [-0.2, 0) is 0 Å². The minimum Gasteiger partial charge on any atom is -0.493 e. The highest BCUT2D eigenvalue weighted by atomic mass is 16.5. The highest BCUT2D eigenvalue weighted by Crippen LogP contribution is 2.42. The molecule has 8 rings (SSSR count). The monoisotopic (exact) mass is 923 g/mol. The third kappa shape index (κ3) is 13.1. The lowest BCUT2D eigenvalue weighted by atomic mass is 10.0. The lowest BCUT2D eigenvalue weighted by Gasteiger charge is -2.14. The maximum absolute atomic E-state index is 6.71. The highest BCUT2D eigenvalue weighted by Gasteiger charge is 2.21. The molecule has 7 nitrogen and oxygen atoms in total. The lowest BCUT2D eigenvalue weighted by Crippen LogP contribution is -2.00. The van der Waals surface area contributed by atoms with Crippen LogP contribution in [0.15, 0.2) is 103 Å². The standard InChI is InChI=1S/C62H74N4O3/c1-4-7-10-13-16-25-42-67-57-31-22-19-28-48(57)60-51-36-34-46(63-51)45-47-35-37-52(64-47)61(49-29-20-23-32-58(49)68-43-26-17-14-11-8-5-2)54-39-41-56(66-54)62(55-40-38-53(60)65-55)50-30-21-24-33-59(50)69-44-27-18-15-12-9-6-3/h19-24,28-41,45,63,66H,4-18,25-27,42-44H2,1-3H3. The predicted octanol–water partition coefficient (Wildman–Crippen LogP) is 17.9. The van der Waals surface area contributed by atoms with Crippen LogP contribution in [0.2, 0.25) is 0 Å². The Morgan fingerprint density at radius 1 is 0.362 bits per heavy atom. The molecular formula is C62H74N4O3. The summed E-state index contributed by atoms with van der Waals surface area (Å²) in [5.41, 5.74) is 13.1. The Balaban J connectivity index is 1.29. The van der Waals surface area contributed by atoms with Crippen molar-refractivity contribution in [3.05, 3.63) is 126 Å². The molecule has 2 aliphatic heterocycles. The number of ether oxygens (including phenoxy) is 3. The minimum atomic E-state index is 0.657. The summed E-state index contributed by atoms with van der Waals surface area (Å²) in [6.45, 7) is 8.78. The number of aromatic amines is 2. The van der Waals surface area contributed by atoms with Gasteiger partial charge in [0, 0.05) is 55.4 Å². The first kappa shape index (κ1) is 49.1. The summed E-state index contributed by atoms with van der Waals surface area (Å²) < 4.78 is 20.0. The van der Waals surface area contributed by atoms with E-state index >= 15 is 0 Å². The number of hydrogen-bond donors (Lipinski definition) is 2. The maximum Gasteiger partial charge on any atom is 0.127 e. The summed E-state index contributed by atoms with van der Waals surface area (Å²) in [4.78, 5) is 18.6. The quantitative estimate of drug-likeness (QED) is 0.0502. The number of benzene rings is 3. The molecule has 0 radical (unpaired) electrons. The van der Waals surface area contributed by atoms with Gasteiger partial charge in [0.1, 0.15) is 17.2 Å². The Labute approximate surface area is 411 Å². The fourth-order valence-electron chi connectivity index (χ4n) is 9.58. The van der Waals surface area contributed by atoms with E-state index in [-0.39, 0.29) is 0 Å². The molecule has 8 bridgehead atoms. The number of nitrogens with one attached hydrogen (secondary N) is 2. The van der Waals surface area contributed by atoms with E-state index < -0.39 is 0 Å². The molecule has 0 atom stereocenters. The van der Waals surface area contributed by atoms with Gasteiger partial charge >= 0.3 is 0 Å². The second-order valence-electron chi connectivity index (χ2n) is 18.7. The fraction of sp³-hybridized carbons (Fsp3) is 0.387. The van der Waals surface area contributed by atoms with Crippen LogP contribution in [0.1, 0.15) is 159 Å². The molecule has 7 heteroatoms. The van der Waals surface area contributed by atoms with Gasteiger partial charge in [-0.25, -0.2) is 9.97 Å². The van der Waals surface area contributed by atoms with Crippen molar-refractivity contribution in [3.63, 3.8) is 0 Å². The van der Waals surface area contributed by atoms with Crippen LogP contribution in [-0.4, -0.2) is 39.8 Å². The summed E-state index contributed by atoms with van der Waals surface area (Å²) in [5, 5.41) is 0. The number of hydrogen-bond acceptors (Lipinski definition) is 5. The molecule has 3 aromatic carbocycles. The van der Waals surface area contributed by atoms with Crippen molar-refractivity contribution < 1.29 is 14.2 Å². The third-order valence-electron chi connectivity index (χ3n) is 13.3. The Morgan fingerprint density at radius 3 is 1.17 bits per heavy atom. The molecule has 3 aromatic heterocycles. The van der Waals surface area contributed by atoms with Gasteiger partial charge in [0.25, 0.3) is 0 Å². The molecule has 69 heavy (non-hydrogen) atoms. The highest BCUT2D eigenvalue weighted by molar-refractivity contribution is 5.99. The third-order valence-corrected chi connectivity index (χ3v) is 13.3. The minimum absolute atomic E-state index is 0.657. The van der Waals surface area contributed by atoms with Crippen LogP contribution in [0.5, 0.6) is 17.2 Å². The molecule has 0 aliphatic carbocycles. The first-order chi connectivity index (χ1) is 34.1. The van der Waals surface area contributed by atoms with Gasteiger partial charge < -0.3 is 24.2 Å². The summed E-state index contributed by atoms with van der Waals surface area (Å²) in [5.74, 6) is 2.56. The van der Waals surface area contributed by atoms with Crippen LogP contribution >= 0.6 is 0 Å². The van der Waals surface area contributed by atoms with Crippen LogP contribution in [0.4, 0.5) is 0 Å². The fourth-order valence-corrected chi connectivity index (χ4v) is 9.58. The van der Waals surface area contributed by atoms with E-state index in [1.54, 1.807) is 0 Å². The van der Waals surface area contributed by atoms with Crippen molar-refractivity contribution in [2.75, 3.05) is 19.8 Å². The Hall–Kier alpha value is -6.34. The van der Waals surface area contributed by atoms with Crippen LogP contribution in [0, 0.1) is 0 Å². The molecule has 2 N–H and O–H groups in total. The van der Waals surface area contributed by atoms with E-state index in [1.165, 1.54) is 89.9 Å². The normalized spacial score (nSPS) is 11.9. The van der Waals surface area contributed by atoms with E-state index in [1.807, 2.05) is 0 Å². The summed E-state index contributed by atoms with van der Waals surface area (Å²) in [6, 6.07) is 36.0. The van der Waals surface area contributed by atoms with Gasteiger partial charge in [0.05, 0.1) is 42.6 Å². The molecule has 0 saturated carbocycles. The van der Waals surface area contributed by atoms with Crippen molar-refractivity contribution >= 4 is 46.4 Å². The number of para-hydroxylation sites is 3. The molecule has 0 fully saturated rings. The van der Waals surface area contributed by atoms with Crippen molar-refractivity contribution in [1.82, 2.24) is 19.9 Å². The van der Waals surface area contributed by atoms with Gasteiger partial charge in [0.15, 0.2) is 0 Å².